The second-order valence-electron chi connectivity index (χ2n) is 3.54. The molecule has 1 aliphatic heterocycles. The fraction of sp³-hybridized carbons (Fsp3) is 0.889. The number of carbonyl (C=O) groups is 1. The van der Waals surface area contributed by atoms with Crippen LogP contribution in [0.5, 0.6) is 0 Å². The molecule has 0 aromatic heterocycles. The molecule has 0 aliphatic carbocycles. The lowest BCUT2D eigenvalue weighted by Crippen LogP contribution is -2.44. The number of methoxy groups -OCH3 is 2. The van der Waals surface area contributed by atoms with Gasteiger partial charge in [0.25, 0.3) is 0 Å². The van der Waals surface area contributed by atoms with Crippen molar-refractivity contribution in [3.05, 3.63) is 0 Å². The van der Waals surface area contributed by atoms with Crippen molar-refractivity contribution in [2.45, 2.75) is 26.3 Å². The second-order valence-corrected chi connectivity index (χ2v) is 3.54. The molecule has 14 heavy (non-hydrogen) atoms. The van der Waals surface area contributed by atoms with Crippen molar-refractivity contribution in [3.63, 3.8) is 0 Å². The third-order valence-corrected chi connectivity index (χ3v) is 2.22. The standard InChI is InChI=1S/C9H17NO4/c1-6(2)8-10(9(11)13-4)7(12-3)5-14-8/h6-8H,5H2,1-4H3. The number of amides is 1. The summed E-state index contributed by atoms with van der Waals surface area (Å²) in [5.41, 5.74) is 0. The molecule has 1 rings (SSSR count). The van der Waals surface area contributed by atoms with Gasteiger partial charge in [0.1, 0.15) is 6.23 Å². The first-order chi connectivity index (χ1) is 6.61. The minimum absolute atomic E-state index is 0.217. The fourth-order valence-electron chi connectivity index (χ4n) is 1.53. The Morgan fingerprint density at radius 1 is 1.50 bits per heavy atom. The molecular weight excluding hydrogens is 186 g/mol. The molecule has 82 valence electrons. The van der Waals surface area contributed by atoms with Crippen LogP contribution >= 0.6 is 0 Å². The van der Waals surface area contributed by atoms with Crippen LogP contribution < -0.4 is 0 Å². The molecule has 1 fully saturated rings. The number of hydrogen-bond acceptors (Lipinski definition) is 4. The molecule has 5 nitrogen and oxygen atoms in total. The average Bonchev–Trinajstić information content (AvgIpc) is 2.59. The highest BCUT2D eigenvalue weighted by atomic mass is 16.6. The normalized spacial score (nSPS) is 27.1. The largest absolute Gasteiger partial charge is 0.453 e. The molecular formula is C9H17NO4. The van der Waals surface area contributed by atoms with Crippen LogP contribution in [0.25, 0.3) is 0 Å². The molecule has 1 saturated heterocycles. The Kier molecular flexibility index (Phi) is 3.71. The summed E-state index contributed by atoms with van der Waals surface area (Å²) < 4.78 is 15.3. The van der Waals surface area contributed by atoms with Crippen molar-refractivity contribution in [1.29, 1.82) is 0 Å². The van der Waals surface area contributed by atoms with E-state index in [4.69, 9.17) is 9.47 Å². The van der Waals surface area contributed by atoms with E-state index >= 15 is 0 Å². The van der Waals surface area contributed by atoms with Crippen LogP contribution in [0.3, 0.4) is 0 Å². The molecule has 5 heteroatoms. The summed E-state index contributed by atoms with van der Waals surface area (Å²) in [5, 5.41) is 0. The molecule has 0 radical (unpaired) electrons. The molecule has 1 amide bonds. The predicted molar refractivity (Wildman–Crippen MR) is 49.6 cm³/mol. The van der Waals surface area contributed by atoms with Gasteiger partial charge in [0, 0.05) is 7.11 Å². The zero-order valence-corrected chi connectivity index (χ0v) is 9.02. The first-order valence-electron chi connectivity index (χ1n) is 4.62. The van der Waals surface area contributed by atoms with Crippen molar-refractivity contribution in [1.82, 2.24) is 4.90 Å². The summed E-state index contributed by atoms with van der Waals surface area (Å²) in [6.07, 6.45) is -1.00. The molecule has 2 unspecified atom stereocenters. The lowest BCUT2D eigenvalue weighted by atomic mass is 10.2. The smallest absolute Gasteiger partial charge is 0.413 e. The van der Waals surface area contributed by atoms with Crippen LogP contribution in [0.15, 0.2) is 0 Å². The van der Waals surface area contributed by atoms with Crippen LogP contribution in [0.2, 0.25) is 0 Å². The monoisotopic (exact) mass is 203 g/mol. The van der Waals surface area contributed by atoms with Crippen molar-refractivity contribution >= 4 is 6.09 Å². The molecule has 0 aromatic rings. The maximum absolute atomic E-state index is 11.4. The third kappa shape index (κ3) is 1.99. The lowest BCUT2D eigenvalue weighted by Gasteiger charge is -2.27. The van der Waals surface area contributed by atoms with E-state index in [9.17, 15) is 4.79 Å². The SMILES string of the molecule is COC(=O)N1C(OC)COC1C(C)C. The van der Waals surface area contributed by atoms with E-state index in [0.717, 1.165) is 0 Å². The van der Waals surface area contributed by atoms with E-state index in [2.05, 4.69) is 4.74 Å². The Hall–Kier alpha value is -0.810. The summed E-state index contributed by atoms with van der Waals surface area (Å²) in [7, 11) is 2.90. The summed E-state index contributed by atoms with van der Waals surface area (Å²) in [5.74, 6) is 0.217. The average molecular weight is 203 g/mol. The minimum atomic E-state index is -0.409. The number of rotatable bonds is 2. The summed E-state index contributed by atoms with van der Waals surface area (Å²) >= 11 is 0. The first-order valence-corrected chi connectivity index (χ1v) is 4.62. The number of ether oxygens (including phenoxy) is 3. The predicted octanol–water partition coefficient (Wildman–Crippen LogP) is 1.04. The van der Waals surface area contributed by atoms with E-state index in [-0.39, 0.29) is 18.4 Å². The highest BCUT2D eigenvalue weighted by Crippen LogP contribution is 2.23. The Labute approximate surface area is 83.9 Å². The zero-order chi connectivity index (χ0) is 10.7. The second kappa shape index (κ2) is 4.61. The van der Waals surface area contributed by atoms with Crippen LogP contribution in [0, 0.1) is 5.92 Å². The van der Waals surface area contributed by atoms with Gasteiger partial charge in [0.2, 0.25) is 0 Å². The Balaban J connectivity index is 2.75. The van der Waals surface area contributed by atoms with E-state index in [0.29, 0.717) is 6.61 Å². The quantitative estimate of drug-likeness (QED) is 0.672. The Bertz CT molecular complexity index is 207. The molecule has 0 bridgehead atoms. The maximum Gasteiger partial charge on any atom is 0.413 e. The molecule has 1 heterocycles. The summed E-state index contributed by atoms with van der Waals surface area (Å²) in [6.45, 7) is 4.37. The number of hydrogen-bond donors (Lipinski definition) is 0. The van der Waals surface area contributed by atoms with Crippen LogP contribution in [0.1, 0.15) is 13.8 Å². The van der Waals surface area contributed by atoms with Crippen molar-refractivity contribution in [3.8, 4) is 0 Å². The van der Waals surface area contributed by atoms with E-state index in [1.54, 1.807) is 7.11 Å². The Morgan fingerprint density at radius 3 is 2.57 bits per heavy atom. The summed E-state index contributed by atoms with van der Waals surface area (Å²) in [6, 6.07) is 0. The third-order valence-electron chi connectivity index (χ3n) is 2.22. The van der Waals surface area contributed by atoms with E-state index < -0.39 is 6.09 Å². The minimum Gasteiger partial charge on any atom is -0.453 e. The van der Waals surface area contributed by atoms with Crippen LogP contribution in [-0.4, -0.2) is 44.3 Å². The molecule has 0 saturated carbocycles. The lowest BCUT2D eigenvalue weighted by molar-refractivity contribution is -0.0314. The zero-order valence-electron chi connectivity index (χ0n) is 9.02. The van der Waals surface area contributed by atoms with Crippen molar-refractivity contribution in [2.24, 2.45) is 5.92 Å². The molecule has 0 N–H and O–H groups in total. The van der Waals surface area contributed by atoms with Gasteiger partial charge in [-0.1, -0.05) is 13.8 Å². The molecule has 0 aromatic carbocycles. The van der Waals surface area contributed by atoms with E-state index in [1.807, 2.05) is 13.8 Å². The van der Waals surface area contributed by atoms with Gasteiger partial charge in [-0.2, -0.15) is 0 Å². The van der Waals surface area contributed by atoms with Gasteiger partial charge in [-0.25, -0.2) is 4.79 Å². The van der Waals surface area contributed by atoms with Gasteiger partial charge in [0.15, 0.2) is 6.23 Å². The molecule has 2 atom stereocenters. The molecule has 1 aliphatic rings. The van der Waals surface area contributed by atoms with Crippen molar-refractivity contribution in [2.75, 3.05) is 20.8 Å². The van der Waals surface area contributed by atoms with Crippen molar-refractivity contribution < 1.29 is 19.0 Å². The van der Waals surface area contributed by atoms with Gasteiger partial charge < -0.3 is 14.2 Å². The topological polar surface area (TPSA) is 48.0 Å². The van der Waals surface area contributed by atoms with Crippen LogP contribution in [0.4, 0.5) is 4.79 Å². The van der Waals surface area contributed by atoms with Crippen LogP contribution in [-0.2, 0) is 14.2 Å². The van der Waals surface area contributed by atoms with Gasteiger partial charge in [0.05, 0.1) is 13.7 Å². The maximum atomic E-state index is 11.4. The fourth-order valence-corrected chi connectivity index (χ4v) is 1.53. The van der Waals surface area contributed by atoms with Gasteiger partial charge in [-0.05, 0) is 5.92 Å². The van der Waals surface area contributed by atoms with Gasteiger partial charge >= 0.3 is 6.09 Å². The van der Waals surface area contributed by atoms with Gasteiger partial charge in [-0.3, -0.25) is 4.90 Å². The summed E-state index contributed by atoms with van der Waals surface area (Å²) in [4.78, 5) is 12.9. The highest BCUT2D eigenvalue weighted by Gasteiger charge is 2.40. The highest BCUT2D eigenvalue weighted by molar-refractivity contribution is 5.68. The first kappa shape index (κ1) is 11.3. The van der Waals surface area contributed by atoms with E-state index in [1.165, 1.54) is 12.0 Å². The Morgan fingerprint density at radius 2 is 2.14 bits per heavy atom. The number of nitrogens with zero attached hydrogens (tertiary/aromatic N) is 1. The van der Waals surface area contributed by atoms with Gasteiger partial charge in [-0.15, -0.1) is 0 Å². The number of carbonyl (C=O) groups excluding carboxylic acids is 1. The molecule has 0 spiro atoms.